The molecule has 0 radical (unpaired) electrons. The van der Waals surface area contributed by atoms with Crippen molar-refractivity contribution in [1.29, 1.82) is 0 Å². The van der Waals surface area contributed by atoms with Crippen LogP contribution in [0.1, 0.15) is 45.1 Å². The smallest absolute Gasteiger partial charge is 0.210 e. The van der Waals surface area contributed by atoms with Gasteiger partial charge in [-0.2, -0.15) is 0 Å². The number of hydrogen-bond acceptors (Lipinski definition) is 6. The number of ketones is 1. The van der Waals surface area contributed by atoms with Gasteiger partial charge < -0.3 is 4.74 Å². The van der Waals surface area contributed by atoms with Gasteiger partial charge in [0, 0.05) is 12.2 Å². The van der Waals surface area contributed by atoms with E-state index in [1.54, 1.807) is 4.68 Å². The monoisotopic (exact) mass is 408 g/mol. The molecule has 0 bridgehead atoms. The Hall–Kier alpha value is -2.51. The molecule has 29 heavy (non-hydrogen) atoms. The minimum absolute atomic E-state index is 0.0468. The van der Waals surface area contributed by atoms with Crippen LogP contribution in [0.2, 0.25) is 0 Å². The van der Waals surface area contributed by atoms with E-state index in [0.717, 1.165) is 36.1 Å². The first-order valence-corrected chi connectivity index (χ1v) is 10.7. The summed E-state index contributed by atoms with van der Waals surface area (Å²) in [6, 6.07) is 15.8. The Kier molecular flexibility index (Phi) is 6.06. The molecule has 2 heterocycles. The first kappa shape index (κ1) is 19.8. The molecule has 0 spiro atoms. The topological polar surface area (TPSA) is 69.9 Å². The van der Waals surface area contributed by atoms with Gasteiger partial charge in [0.1, 0.15) is 5.25 Å². The Morgan fingerprint density at radius 1 is 1.14 bits per heavy atom. The van der Waals surface area contributed by atoms with Gasteiger partial charge in [0.15, 0.2) is 5.78 Å². The molecule has 1 fully saturated rings. The minimum atomic E-state index is -0.424. The van der Waals surface area contributed by atoms with E-state index in [2.05, 4.69) is 15.5 Å². The molecule has 150 valence electrons. The highest BCUT2D eigenvalue weighted by Gasteiger charge is 2.27. The number of carbonyl (C=O) groups is 1. The summed E-state index contributed by atoms with van der Waals surface area (Å²) >= 11 is 1.39. The summed E-state index contributed by atoms with van der Waals surface area (Å²) in [5.41, 5.74) is 3.91. The van der Waals surface area contributed by atoms with Crippen LogP contribution in [0.15, 0.2) is 53.7 Å². The van der Waals surface area contributed by atoms with E-state index in [0.29, 0.717) is 17.3 Å². The number of benzene rings is 2. The molecule has 3 aromatic rings. The van der Waals surface area contributed by atoms with E-state index < -0.39 is 5.25 Å². The van der Waals surface area contributed by atoms with E-state index in [9.17, 15) is 4.79 Å². The standard InChI is InChI=1S/C22H24N4O2S/c1-15-5-9-17(10-6-15)20(27)21(18-11-7-16(2)8-12-18)29-22-23-24-25-26(22)14-19-4-3-13-28-19/h5-12,19,21H,3-4,13-14H2,1-2H3/t19-,21+/m0/s1. The highest BCUT2D eigenvalue weighted by Crippen LogP contribution is 2.37. The van der Waals surface area contributed by atoms with Gasteiger partial charge in [-0.15, -0.1) is 5.10 Å². The Balaban J connectivity index is 1.62. The number of thioether (sulfide) groups is 1. The highest BCUT2D eigenvalue weighted by molar-refractivity contribution is 8.00. The van der Waals surface area contributed by atoms with Gasteiger partial charge in [-0.1, -0.05) is 71.4 Å². The average molecular weight is 409 g/mol. The summed E-state index contributed by atoms with van der Waals surface area (Å²) in [5.74, 6) is 0.0468. The lowest BCUT2D eigenvalue weighted by Crippen LogP contribution is -2.18. The molecule has 0 unspecified atom stereocenters. The molecule has 1 aliphatic rings. The number of hydrogen-bond donors (Lipinski definition) is 0. The molecule has 2 aromatic carbocycles. The molecule has 2 atom stereocenters. The third-order valence-electron chi connectivity index (χ3n) is 5.08. The maximum absolute atomic E-state index is 13.4. The summed E-state index contributed by atoms with van der Waals surface area (Å²) in [5, 5.41) is 12.4. The molecule has 0 amide bonds. The highest BCUT2D eigenvalue weighted by atomic mass is 32.2. The van der Waals surface area contributed by atoms with Gasteiger partial charge in [-0.3, -0.25) is 4.79 Å². The van der Waals surface area contributed by atoms with Crippen LogP contribution in [0.3, 0.4) is 0 Å². The van der Waals surface area contributed by atoms with Crippen molar-refractivity contribution in [1.82, 2.24) is 20.2 Å². The zero-order valence-corrected chi connectivity index (χ0v) is 17.4. The number of ether oxygens (including phenoxy) is 1. The zero-order valence-electron chi connectivity index (χ0n) is 16.6. The number of rotatable bonds is 7. The van der Waals surface area contributed by atoms with Gasteiger partial charge in [-0.25, -0.2) is 4.68 Å². The lowest BCUT2D eigenvalue weighted by molar-refractivity contribution is 0.0911. The maximum atomic E-state index is 13.4. The molecule has 0 aliphatic carbocycles. The second kappa shape index (κ2) is 8.88. The number of nitrogens with zero attached hydrogens (tertiary/aromatic N) is 4. The maximum Gasteiger partial charge on any atom is 0.210 e. The lowest BCUT2D eigenvalue weighted by atomic mass is 10.0. The Morgan fingerprint density at radius 3 is 2.48 bits per heavy atom. The summed E-state index contributed by atoms with van der Waals surface area (Å²) in [6.07, 6.45) is 2.20. The number of aromatic nitrogens is 4. The fourth-order valence-corrected chi connectivity index (χ4v) is 4.43. The second-order valence-electron chi connectivity index (χ2n) is 7.42. The molecule has 0 saturated carbocycles. The van der Waals surface area contributed by atoms with Crippen LogP contribution in [0.25, 0.3) is 0 Å². The summed E-state index contributed by atoms with van der Waals surface area (Å²) in [4.78, 5) is 13.4. The average Bonchev–Trinajstić information content (AvgIpc) is 3.40. The van der Waals surface area contributed by atoms with E-state index in [1.807, 2.05) is 62.4 Å². The summed E-state index contributed by atoms with van der Waals surface area (Å²) < 4.78 is 7.47. The number of aryl methyl sites for hydroxylation is 2. The zero-order chi connectivity index (χ0) is 20.2. The first-order chi connectivity index (χ1) is 14.1. The largest absolute Gasteiger partial charge is 0.376 e. The Labute approximate surface area is 174 Å². The molecule has 4 rings (SSSR count). The van der Waals surface area contributed by atoms with Crippen LogP contribution < -0.4 is 0 Å². The lowest BCUT2D eigenvalue weighted by Gasteiger charge is -2.17. The van der Waals surface area contributed by atoms with Crippen LogP contribution in [-0.2, 0) is 11.3 Å². The third-order valence-corrected chi connectivity index (χ3v) is 6.30. The van der Waals surface area contributed by atoms with E-state index in [1.165, 1.54) is 11.8 Å². The van der Waals surface area contributed by atoms with E-state index >= 15 is 0 Å². The number of carbonyl (C=O) groups excluding carboxylic acids is 1. The van der Waals surface area contributed by atoms with Crippen molar-refractivity contribution in [2.24, 2.45) is 0 Å². The SMILES string of the molecule is Cc1ccc(C(=O)[C@H](Sc2nnnn2C[C@@H]2CCCO2)c2ccc(C)cc2)cc1. The minimum Gasteiger partial charge on any atom is -0.376 e. The van der Waals surface area contributed by atoms with Crippen molar-refractivity contribution in [2.75, 3.05) is 6.61 Å². The first-order valence-electron chi connectivity index (χ1n) is 9.82. The Morgan fingerprint density at radius 2 is 1.83 bits per heavy atom. The predicted octanol–water partition coefficient (Wildman–Crippen LogP) is 4.19. The predicted molar refractivity (Wildman–Crippen MR) is 112 cm³/mol. The van der Waals surface area contributed by atoms with E-state index in [-0.39, 0.29) is 11.9 Å². The fraction of sp³-hybridized carbons (Fsp3) is 0.364. The Bertz CT molecular complexity index is 963. The molecule has 0 N–H and O–H groups in total. The third kappa shape index (κ3) is 4.74. The summed E-state index contributed by atoms with van der Waals surface area (Å²) in [7, 11) is 0. The van der Waals surface area contributed by atoms with Gasteiger partial charge >= 0.3 is 0 Å². The second-order valence-corrected chi connectivity index (χ2v) is 8.49. The van der Waals surface area contributed by atoms with Crippen molar-refractivity contribution < 1.29 is 9.53 Å². The van der Waals surface area contributed by atoms with Gasteiger partial charge in [0.25, 0.3) is 0 Å². The number of Topliss-reactive ketones (excluding diaryl/α,β-unsaturated/α-hetero) is 1. The van der Waals surface area contributed by atoms with Crippen molar-refractivity contribution >= 4 is 17.5 Å². The molecule has 7 heteroatoms. The van der Waals surface area contributed by atoms with Crippen molar-refractivity contribution in [3.8, 4) is 0 Å². The van der Waals surface area contributed by atoms with Crippen LogP contribution in [0.4, 0.5) is 0 Å². The van der Waals surface area contributed by atoms with Crippen molar-refractivity contribution in [3.63, 3.8) is 0 Å². The quantitative estimate of drug-likeness (QED) is 0.431. The van der Waals surface area contributed by atoms with Crippen LogP contribution in [0, 0.1) is 13.8 Å². The van der Waals surface area contributed by atoms with Crippen molar-refractivity contribution in [2.45, 2.75) is 49.7 Å². The van der Waals surface area contributed by atoms with Gasteiger partial charge in [0.2, 0.25) is 5.16 Å². The normalized spacial score (nSPS) is 17.4. The molecule has 6 nitrogen and oxygen atoms in total. The van der Waals surface area contributed by atoms with Gasteiger partial charge in [-0.05, 0) is 42.7 Å². The molecule has 1 aromatic heterocycles. The molecule has 1 saturated heterocycles. The van der Waals surface area contributed by atoms with Crippen molar-refractivity contribution in [3.05, 3.63) is 70.8 Å². The summed E-state index contributed by atoms with van der Waals surface area (Å²) in [6.45, 7) is 5.44. The molecule has 1 aliphatic heterocycles. The van der Waals surface area contributed by atoms with Crippen LogP contribution in [-0.4, -0.2) is 38.7 Å². The fourth-order valence-electron chi connectivity index (χ4n) is 3.37. The van der Waals surface area contributed by atoms with Gasteiger partial charge in [0.05, 0.1) is 12.6 Å². The number of tetrazole rings is 1. The van der Waals surface area contributed by atoms with Crippen LogP contribution in [0.5, 0.6) is 0 Å². The molecular formula is C22H24N4O2S. The van der Waals surface area contributed by atoms with Crippen LogP contribution >= 0.6 is 11.8 Å². The van der Waals surface area contributed by atoms with E-state index in [4.69, 9.17) is 4.74 Å². The molecular weight excluding hydrogens is 384 g/mol.